The number of pyridine rings is 1. The quantitative estimate of drug-likeness (QED) is 0.813. The van der Waals surface area contributed by atoms with Crippen molar-refractivity contribution in [2.75, 3.05) is 0 Å². The van der Waals surface area contributed by atoms with E-state index in [1.807, 2.05) is 13.8 Å². The molecule has 1 atom stereocenters. The topological polar surface area (TPSA) is 88.5 Å². The van der Waals surface area contributed by atoms with Crippen molar-refractivity contribution in [2.45, 2.75) is 39.3 Å². The van der Waals surface area contributed by atoms with E-state index in [2.05, 4.69) is 10.3 Å². The van der Waals surface area contributed by atoms with E-state index in [9.17, 15) is 9.59 Å². The standard InChI is InChI=1S/C13H18N2O4/c1-4-9(13(17)18)15-12(16)11-10(19-8(2)3)6-5-7-14-11/h5-9H,4H2,1-3H3,(H,15,16)(H,17,18). The van der Waals surface area contributed by atoms with Crippen molar-refractivity contribution in [1.82, 2.24) is 10.3 Å². The third kappa shape index (κ3) is 4.24. The minimum Gasteiger partial charge on any atom is -0.489 e. The number of nitrogens with one attached hydrogen (secondary N) is 1. The highest BCUT2D eigenvalue weighted by Gasteiger charge is 2.21. The molecule has 6 heteroatoms. The molecular formula is C13H18N2O4. The van der Waals surface area contributed by atoms with Gasteiger partial charge in [-0.15, -0.1) is 0 Å². The Labute approximate surface area is 111 Å². The molecule has 104 valence electrons. The first-order chi connectivity index (χ1) is 8.95. The average molecular weight is 266 g/mol. The Morgan fingerprint density at radius 2 is 2.16 bits per heavy atom. The molecule has 1 amide bonds. The van der Waals surface area contributed by atoms with Gasteiger partial charge in [-0.1, -0.05) is 6.92 Å². The summed E-state index contributed by atoms with van der Waals surface area (Å²) in [5, 5.41) is 11.3. The van der Waals surface area contributed by atoms with Gasteiger partial charge in [0.05, 0.1) is 6.10 Å². The van der Waals surface area contributed by atoms with E-state index in [1.54, 1.807) is 19.1 Å². The smallest absolute Gasteiger partial charge is 0.326 e. The number of ether oxygens (including phenoxy) is 1. The van der Waals surface area contributed by atoms with E-state index in [0.29, 0.717) is 12.2 Å². The molecular weight excluding hydrogens is 248 g/mol. The van der Waals surface area contributed by atoms with E-state index in [1.165, 1.54) is 6.20 Å². The van der Waals surface area contributed by atoms with Gasteiger partial charge in [0.1, 0.15) is 6.04 Å². The molecule has 19 heavy (non-hydrogen) atoms. The van der Waals surface area contributed by atoms with Gasteiger partial charge in [-0.05, 0) is 32.4 Å². The van der Waals surface area contributed by atoms with Crippen molar-refractivity contribution in [1.29, 1.82) is 0 Å². The first kappa shape index (κ1) is 14.9. The summed E-state index contributed by atoms with van der Waals surface area (Å²) in [4.78, 5) is 26.8. The van der Waals surface area contributed by atoms with Gasteiger partial charge >= 0.3 is 5.97 Å². The van der Waals surface area contributed by atoms with Crippen molar-refractivity contribution in [3.8, 4) is 5.75 Å². The second-order valence-corrected chi connectivity index (χ2v) is 4.29. The summed E-state index contributed by atoms with van der Waals surface area (Å²) >= 11 is 0. The van der Waals surface area contributed by atoms with Crippen LogP contribution in [0.25, 0.3) is 0 Å². The molecule has 1 aromatic heterocycles. The Morgan fingerprint density at radius 3 is 2.68 bits per heavy atom. The number of carboxylic acid groups (broad SMARTS) is 1. The van der Waals surface area contributed by atoms with Gasteiger partial charge in [0.2, 0.25) is 0 Å². The van der Waals surface area contributed by atoms with Gasteiger partial charge in [0.25, 0.3) is 5.91 Å². The third-order valence-electron chi connectivity index (χ3n) is 2.36. The van der Waals surface area contributed by atoms with E-state index >= 15 is 0 Å². The summed E-state index contributed by atoms with van der Waals surface area (Å²) in [7, 11) is 0. The molecule has 0 aromatic carbocycles. The number of amides is 1. The summed E-state index contributed by atoms with van der Waals surface area (Å²) in [6.45, 7) is 5.35. The average Bonchev–Trinajstić information content (AvgIpc) is 2.35. The molecule has 0 aliphatic heterocycles. The largest absolute Gasteiger partial charge is 0.489 e. The molecule has 1 heterocycles. The molecule has 1 unspecified atom stereocenters. The maximum Gasteiger partial charge on any atom is 0.326 e. The van der Waals surface area contributed by atoms with Crippen LogP contribution in [0.15, 0.2) is 18.3 Å². The summed E-state index contributed by atoms with van der Waals surface area (Å²) in [5.41, 5.74) is 0.0934. The number of aliphatic carboxylic acids is 1. The normalized spacial score (nSPS) is 12.0. The lowest BCUT2D eigenvalue weighted by Gasteiger charge is -2.15. The maximum atomic E-state index is 12.0. The Morgan fingerprint density at radius 1 is 1.47 bits per heavy atom. The van der Waals surface area contributed by atoms with E-state index in [0.717, 1.165) is 0 Å². The Kier molecular flexibility index (Phi) is 5.29. The van der Waals surface area contributed by atoms with Crippen molar-refractivity contribution in [2.24, 2.45) is 0 Å². The molecule has 1 aromatic rings. The molecule has 0 saturated heterocycles. The maximum absolute atomic E-state index is 12.0. The molecule has 0 spiro atoms. The first-order valence-electron chi connectivity index (χ1n) is 6.11. The summed E-state index contributed by atoms with van der Waals surface area (Å²) in [5.74, 6) is -1.28. The van der Waals surface area contributed by atoms with Gasteiger partial charge in [-0.2, -0.15) is 0 Å². The highest BCUT2D eigenvalue weighted by atomic mass is 16.5. The van der Waals surface area contributed by atoms with Crippen LogP contribution in [-0.2, 0) is 4.79 Å². The van der Waals surface area contributed by atoms with Crippen LogP contribution in [0.4, 0.5) is 0 Å². The monoisotopic (exact) mass is 266 g/mol. The highest BCUT2D eigenvalue weighted by Crippen LogP contribution is 2.17. The molecule has 0 aliphatic rings. The van der Waals surface area contributed by atoms with Gasteiger partial charge < -0.3 is 15.2 Å². The second kappa shape index (κ2) is 6.72. The molecule has 0 fully saturated rings. The number of carboxylic acids is 1. The Balaban J connectivity index is 2.90. The van der Waals surface area contributed by atoms with E-state index < -0.39 is 17.9 Å². The number of nitrogens with zero attached hydrogens (tertiary/aromatic N) is 1. The van der Waals surface area contributed by atoms with Crippen molar-refractivity contribution < 1.29 is 19.4 Å². The van der Waals surface area contributed by atoms with E-state index in [4.69, 9.17) is 9.84 Å². The van der Waals surface area contributed by atoms with Crippen LogP contribution in [0, 0.1) is 0 Å². The highest BCUT2D eigenvalue weighted by molar-refractivity contribution is 5.97. The van der Waals surface area contributed by atoms with Gasteiger partial charge in [-0.25, -0.2) is 9.78 Å². The minimum atomic E-state index is -1.07. The lowest BCUT2D eigenvalue weighted by atomic mass is 10.2. The molecule has 0 radical (unpaired) electrons. The molecule has 6 nitrogen and oxygen atoms in total. The Bertz CT molecular complexity index is 460. The molecule has 0 bridgehead atoms. The van der Waals surface area contributed by atoms with Gasteiger partial charge in [0.15, 0.2) is 11.4 Å². The fraction of sp³-hybridized carbons (Fsp3) is 0.462. The molecule has 2 N–H and O–H groups in total. The number of carbonyl (C=O) groups is 2. The predicted molar refractivity (Wildman–Crippen MR) is 69.2 cm³/mol. The fourth-order valence-electron chi connectivity index (χ4n) is 1.48. The Hall–Kier alpha value is -2.11. The summed E-state index contributed by atoms with van der Waals surface area (Å²) < 4.78 is 5.47. The van der Waals surface area contributed by atoms with Crippen LogP contribution < -0.4 is 10.1 Å². The van der Waals surface area contributed by atoms with Crippen LogP contribution in [0.5, 0.6) is 5.75 Å². The molecule has 0 aliphatic carbocycles. The van der Waals surface area contributed by atoms with Crippen molar-refractivity contribution in [3.05, 3.63) is 24.0 Å². The zero-order valence-corrected chi connectivity index (χ0v) is 11.2. The number of hydrogen-bond donors (Lipinski definition) is 2. The zero-order chi connectivity index (χ0) is 14.4. The van der Waals surface area contributed by atoms with E-state index in [-0.39, 0.29) is 11.8 Å². The minimum absolute atomic E-state index is 0.0934. The third-order valence-corrected chi connectivity index (χ3v) is 2.36. The SMILES string of the molecule is CCC(NC(=O)c1ncccc1OC(C)C)C(=O)O. The molecule has 1 rings (SSSR count). The lowest BCUT2D eigenvalue weighted by molar-refractivity contribution is -0.139. The van der Waals surface area contributed by atoms with Crippen molar-refractivity contribution >= 4 is 11.9 Å². The summed E-state index contributed by atoms with van der Waals surface area (Å²) in [6.07, 6.45) is 1.66. The lowest BCUT2D eigenvalue weighted by Crippen LogP contribution is -2.40. The fourth-order valence-corrected chi connectivity index (χ4v) is 1.48. The van der Waals surface area contributed by atoms with Crippen LogP contribution in [-0.4, -0.2) is 34.1 Å². The van der Waals surface area contributed by atoms with Crippen LogP contribution >= 0.6 is 0 Å². The van der Waals surface area contributed by atoms with Gasteiger partial charge in [0, 0.05) is 6.20 Å². The number of rotatable bonds is 6. The van der Waals surface area contributed by atoms with Crippen LogP contribution in [0.1, 0.15) is 37.7 Å². The zero-order valence-electron chi connectivity index (χ0n) is 11.2. The number of aromatic nitrogens is 1. The first-order valence-corrected chi connectivity index (χ1v) is 6.11. The van der Waals surface area contributed by atoms with Gasteiger partial charge in [-0.3, -0.25) is 4.79 Å². The number of carbonyl (C=O) groups excluding carboxylic acids is 1. The van der Waals surface area contributed by atoms with Crippen LogP contribution in [0.3, 0.4) is 0 Å². The second-order valence-electron chi connectivity index (χ2n) is 4.29. The van der Waals surface area contributed by atoms with Crippen molar-refractivity contribution in [3.63, 3.8) is 0 Å². The summed E-state index contributed by atoms with van der Waals surface area (Å²) in [6, 6.07) is 2.36. The van der Waals surface area contributed by atoms with Crippen LogP contribution in [0.2, 0.25) is 0 Å². The number of hydrogen-bond acceptors (Lipinski definition) is 4. The molecule has 0 saturated carbocycles. The predicted octanol–water partition coefficient (Wildman–Crippen LogP) is 1.46.